The fourth-order valence-electron chi connectivity index (χ4n) is 1.87. The largest absolute Gasteiger partial charge is 0.324 e. The van der Waals surface area contributed by atoms with Crippen LogP contribution in [0.3, 0.4) is 0 Å². The fourth-order valence-corrected chi connectivity index (χ4v) is 2.96. The molecule has 2 rings (SSSR count). The fraction of sp³-hybridized carbons (Fsp3) is 0.143. The van der Waals surface area contributed by atoms with Crippen molar-refractivity contribution in [1.82, 2.24) is 0 Å². The lowest BCUT2D eigenvalue weighted by Gasteiger charge is -2.14. The van der Waals surface area contributed by atoms with Crippen LogP contribution in [0.25, 0.3) is 0 Å². The normalized spacial score (nSPS) is 12.4. The minimum Gasteiger partial charge on any atom is -0.324 e. The summed E-state index contributed by atoms with van der Waals surface area (Å²) in [7, 11) is 0. The molecular formula is C14H12Br2FN. The molecule has 0 spiro atoms. The highest BCUT2D eigenvalue weighted by Gasteiger charge is 2.11. The summed E-state index contributed by atoms with van der Waals surface area (Å²) in [6.07, 6.45) is 0.596. The van der Waals surface area contributed by atoms with Crippen LogP contribution in [-0.2, 0) is 6.42 Å². The first-order chi connectivity index (χ1) is 8.56. The summed E-state index contributed by atoms with van der Waals surface area (Å²) in [4.78, 5) is 0. The number of nitrogens with two attached hydrogens (primary N) is 1. The zero-order valence-electron chi connectivity index (χ0n) is 9.54. The first kappa shape index (κ1) is 13.7. The summed E-state index contributed by atoms with van der Waals surface area (Å²) in [6.45, 7) is 0. The summed E-state index contributed by atoms with van der Waals surface area (Å²) in [5.74, 6) is -0.251. The molecule has 2 aromatic rings. The van der Waals surface area contributed by atoms with Gasteiger partial charge in [0.15, 0.2) is 0 Å². The van der Waals surface area contributed by atoms with Gasteiger partial charge in [0, 0.05) is 15.0 Å². The average Bonchev–Trinajstić information content (AvgIpc) is 2.27. The maximum atomic E-state index is 13.3. The lowest BCUT2D eigenvalue weighted by atomic mass is 10.00. The second kappa shape index (κ2) is 5.95. The average molecular weight is 373 g/mol. The van der Waals surface area contributed by atoms with Gasteiger partial charge in [-0.3, -0.25) is 0 Å². The smallest absolute Gasteiger partial charge is 0.124 e. The van der Waals surface area contributed by atoms with E-state index in [2.05, 4.69) is 31.9 Å². The Hall–Kier alpha value is -0.710. The van der Waals surface area contributed by atoms with Gasteiger partial charge in [0.1, 0.15) is 5.82 Å². The van der Waals surface area contributed by atoms with Crippen LogP contribution in [0.4, 0.5) is 4.39 Å². The van der Waals surface area contributed by atoms with Crippen LogP contribution in [0.5, 0.6) is 0 Å². The van der Waals surface area contributed by atoms with E-state index in [9.17, 15) is 4.39 Å². The van der Waals surface area contributed by atoms with Crippen LogP contribution in [0, 0.1) is 5.82 Å². The van der Waals surface area contributed by atoms with Gasteiger partial charge in [-0.05, 0) is 41.8 Å². The van der Waals surface area contributed by atoms with Gasteiger partial charge in [-0.2, -0.15) is 0 Å². The van der Waals surface area contributed by atoms with Gasteiger partial charge in [0.2, 0.25) is 0 Å². The van der Waals surface area contributed by atoms with Gasteiger partial charge in [-0.15, -0.1) is 0 Å². The molecule has 0 aliphatic carbocycles. The predicted molar refractivity (Wildman–Crippen MR) is 78.9 cm³/mol. The third kappa shape index (κ3) is 3.40. The summed E-state index contributed by atoms with van der Waals surface area (Å²) < 4.78 is 15.0. The van der Waals surface area contributed by atoms with E-state index in [0.29, 0.717) is 6.42 Å². The maximum Gasteiger partial charge on any atom is 0.124 e. The maximum absolute atomic E-state index is 13.3. The van der Waals surface area contributed by atoms with Crippen LogP contribution >= 0.6 is 31.9 Å². The summed E-state index contributed by atoms with van der Waals surface area (Å²) >= 11 is 6.76. The first-order valence-electron chi connectivity index (χ1n) is 5.51. The Kier molecular flexibility index (Phi) is 4.54. The molecule has 0 fully saturated rings. The topological polar surface area (TPSA) is 26.0 Å². The zero-order valence-corrected chi connectivity index (χ0v) is 12.7. The molecule has 0 heterocycles. The van der Waals surface area contributed by atoms with E-state index >= 15 is 0 Å². The molecule has 0 bridgehead atoms. The minimum absolute atomic E-state index is 0.158. The number of hydrogen-bond donors (Lipinski definition) is 1. The Morgan fingerprint density at radius 2 is 1.83 bits per heavy atom. The zero-order chi connectivity index (χ0) is 13.1. The molecule has 2 aromatic carbocycles. The Balaban J connectivity index is 2.21. The van der Waals surface area contributed by atoms with Crippen molar-refractivity contribution in [3.63, 3.8) is 0 Å². The Morgan fingerprint density at radius 1 is 1.11 bits per heavy atom. The molecule has 0 saturated carbocycles. The molecule has 0 aliphatic heterocycles. The van der Waals surface area contributed by atoms with Gasteiger partial charge < -0.3 is 5.73 Å². The molecule has 0 amide bonds. The molecule has 0 radical (unpaired) electrons. The van der Waals surface area contributed by atoms with Gasteiger partial charge in [0.05, 0.1) is 0 Å². The van der Waals surface area contributed by atoms with Crippen LogP contribution in [0.1, 0.15) is 17.2 Å². The van der Waals surface area contributed by atoms with Crippen molar-refractivity contribution < 1.29 is 4.39 Å². The van der Waals surface area contributed by atoms with E-state index in [1.54, 1.807) is 0 Å². The summed E-state index contributed by atoms with van der Waals surface area (Å²) in [5, 5.41) is 0. The molecule has 0 aliphatic rings. The van der Waals surface area contributed by atoms with Gasteiger partial charge >= 0.3 is 0 Å². The number of hydrogen-bond acceptors (Lipinski definition) is 1. The summed E-state index contributed by atoms with van der Waals surface area (Å²) in [5.41, 5.74) is 8.07. The van der Waals surface area contributed by atoms with E-state index in [0.717, 1.165) is 20.1 Å². The molecule has 0 aromatic heterocycles. The van der Waals surface area contributed by atoms with Crippen LogP contribution in [0.15, 0.2) is 51.4 Å². The van der Waals surface area contributed by atoms with Gasteiger partial charge in [0.25, 0.3) is 0 Å². The van der Waals surface area contributed by atoms with Crippen LogP contribution in [-0.4, -0.2) is 0 Å². The van der Waals surface area contributed by atoms with E-state index in [-0.39, 0.29) is 11.9 Å². The Bertz CT molecular complexity index is 537. The molecular weight excluding hydrogens is 361 g/mol. The van der Waals surface area contributed by atoms with Crippen molar-refractivity contribution in [2.45, 2.75) is 12.5 Å². The number of benzene rings is 2. The second-order valence-corrected chi connectivity index (χ2v) is 5.88. The molecule has 1 nitrogen and oxygen atoms in total. The van der Waals surface area contributed by atoms with Crippen LogP contribution < -0.4 is 5.73 Å². The highest BCUT2D eigenvalue weighted by Crippen LogP contribution is 2.25. The third-order valence-corrected chi connectivity index (χ3v) is 3.86. The molecule has 1 atom stereocenters. The standard InChI is InChI=1S/C14H12Br2FN/c15-10-5-9(6-11(17)8-10)7-14(18)12-3-1-2-4-13(12)16/h1-6,8,14H,7,18H2. The van der Waals surface area contributed by atoms with Gasteiger partial charge in [-0.25, -0.2) is 4.39 Å². The third-order valence-electron chi connectivity index (χ3n) is 2.68. The second-order valence-electron chi connectivity index (χ2n) is 4.11. The molecule has 1 unspecified atom stereocenters. The minimum atomic E-state index is -0.251. The van der Waals surface area contributed by atoms with Crippen molar-refractivity contribution in [2.24, 2.45) is 5.73 Å². The predicted octanol–water partition coefficient (Wildman–Crippen LogP) is 4.59. The van der Waals surface area contributed by atoms with E-state index < -0.39 is 0 Å². The molecule has 2 N–H and O–H groups in total. The van der Waals surface area contributed by atoms with E-state index in [1.165, 1.54) is 12.1 Å². The van der Waals surface area contributed by atoms with Crippen LogP contribution in [0.2, 0.25) is 0 Å². The van der Waals surface area contributed by atoms with E-state index in [4.69, 9.17) is 5.73 Å². The van der Waals surface area contributed by atoms with Crippen molar-refractivity contribution >= 4 is 31.9 Å². The van der Waals surface area contributed by atoms with Crippen molar-refractivity contribution in [3.05, 3.63) is 68.4 Å². The number of rotatable bonds is 3. The lowest BCUT2D eigenvalue weighted by Crippen LogP contribution is -2.14. The van der Waals surface area contributed by atoms with Crippen molar-refractivity contribution in [1.29, 1.82) is 0 Å². The first-order valence-corrected chi connectivity index (χ1v) is 7.10. The van der Waals surface area contributed by atoms with Crippen molar-refractivity contribution in [2.75, 3.05) is 0 Å². The van der Waals surface area contributed by atoms with Crippen molar-refractivity contribution in [3.8, 4) is 0 Å². The molecule has 4 heteroatoms. The quantitative estimate of drug-likeness (QED) is 0.837. The SMILES string of the molecule is NC(Cc1cc(F)cc(Br)c1)c1ccccc1Br. The monoisotopic (exact) mass is 371 g/mol. The lowest BCUT2D eigenvalue weighted by molar-refractivity contribution is 0.621. The Morgan fingerprint density at radius 3 is 2.50 bits per heavy atom. The Labute approximate surface area is 122 Å². The molecule has 94 valence electrons. The molecule has 0 saturated heterocycles. The molecule has 18 heavy (non-hydrogen) atoms. The highest BCUT2D eigenvalue weighted by atomic mass is 79.9. The highest BCUT2D eigenvalue weighted by molar-refractivity contribution is 9.10. The summed E-state index contributed by atoms with van der Waals surface area (Å²) in [6, 6.07) is 12.5. The van der Waals surface area contributed by atoms with E-state index in [1.807, 2.05) is 30.3 Å². The number of halogens is 3. The van der Waals surface area contributed by atoms with Gasteiger partial charge in [-0.1, -0.05) is 50.1 Å².